The van der Waals surface area contributed by atoms with Gasteiger partial charge in [-0.25, -0.2) is 13.8 Å². The summed E-state index contributed by atoms with van der Waals surface area (Å²) in [4.78, 5) is 15.8. The molecule has 1 amide bonds. The van der Waals surface area contributed by atoms with Crippen LogP contribution in [0.1, 0.15) is 10.4 Å². The Hall–Kier alpha value is -2.50. The van der Waals surface area contributed by atoms with E-state index in [1.54, 1.807) is 7.05 Å². The summed E-state index contributed by atoms with van der Waals surface area (Å²) in [5.41, 5.74) is 0.0934. The van der Waals surface area contributed by atoms with E-state index in [0.29, 0.717) is 11.4 Å². The highest BCUT2D eigenvalue weighted by atomic mass is 19.2. The number of aromatic nitrogens is 1. The largest absolute Gasteiger partial charge is 0.373 e. The molecule has 1 heterocycles. The van der Waals surface area contributed by atoms with E-state index < -0.39 is 17.5 Å². The molecule has 0 bridgehead atoms. The first-order valence-electron chi connectivity index (χ1n) is 5.51. The molecule has 1 aromatic carbocycles. The third-order valence-corrected chi connectivity index (χ3v) is 2.48. The number of rotatable bonds is 3. The number of nitrogens with zero attached hydrogens (tertiary/aromatic N) is 1. The maximum absolute atomic E-state index is 13.4. The van der Waals surface area contributed by atoms with Gasteiger partial charge in [-0.05, 0) is 24.3 Å². The van der Waals surface area contributed by atoms with Crippen molar-refractivity contribution in [3.63, 3.8) is 0 Å². The molecule has 0 unspecified atom stereocenters. The van der Waals surface area contributed by atoms with E-state index in [4.69, 9.17) is 0 Å². The van der Waals surface area contributed by atoms with Crippen molar-refractivity contribution in [3.05, 3.63) is 53.7 Å². The molecule has 0 aliphatic rings. The zero-order valence-electron chi connectivity index (χ0n) is 10.1. The summed E-state index contributed by atoms with van der Waals surface area (Å²) in [5, 5.41) is 5.09. The van der Waals surface area contributed by atoms with Gasteiger partial charge in [0, 0.05) is 18.8 Å². The molecule has 2 rings (SSSR count). The van der Waals surface area contributed by atoms with E-state index in [1.807, 2.05) is 0 Å². The minimum absolute atomic E-state index is 0.201. The Kier molecular flexibility index (Phi) is 3.70. The van der Waals surface area contributed by atoms with E-state index in [0.717, 1.165) is 6.07 Å². The Balaban J connectivity index is 2.23. The number of pyridine rings is 1. The Morgan fingerprint density at radius 2 is 2.05 bits per heavy atom. The number of hydrogen-bond donors (Lipinski definition) is 2. The molecule has 2 aromatic rings. The van der Waals surface area contributed by atoms with Gasteiger partial charge in [0.2, 0.25) is 0 Å². The van der Waals surface area contributed by atoms with Gasteiger partial charge in [0.1, 0.15) is 5.82 Å². The first-order chi connectivity index (χ1) is 9.11. The summed E-state index contributed by atoms with van der Waals surface area (Å²) in [6.07, 6.45) is 1.45. The quantitative estimate of drug-likeness (QED) is 0.895. The van der Waals surface area contributed by atoms with Crippen LogP contribution in [-0.2, 0) is 0 Å². The van der Waals surface area contributed by atoms with Crippen molar-refractivity contribution in [2.24, 2.45) is 0 Å². The van der Waals surface area contributed by atoms with Crippen molar-refractivity contribution in [3.8, 4) is 0 Å². The van der Waals surface area contributed by atoms with Crippen LogP contribution in [0.5, 0.6) is 0 Å². The lowest BCUT2D eigenvalue weighted by molar-refractivity contribution is 0.102. The summed E-state index contributed by atoms with van der Waals surface area (Å²) >= 11 is 0. The summed E-state index contributed by atoms with van der Waals surface area (Å²) in [6.45, 7) is 0. The van der Waals surface area contributed by atoms with E-state index >= 15 is 0 Å². The first kappa shape index (κ1) is 12.9. The molecule has 0 saturated heterocycles. The van der Waals surface area contributed by atoms with Gasteiger partial charge in [0.05, 0.1) is 5.69 Å². The van der Waals surface area contributed by atoms with Crippen LogP contribution in [0, 0.1) is 11.6 Å². The molecular weight excluding hydrogens is 252 g/mol. The summed E-state index contributed by atoms with van der Waals surface area (Å²) in [7, 11) is 1.66. The van der Waals surface area contributed by atoms with Crippen LogP contribution >= 0.6 is 0 Å². The van der Waals surface area contributed by atoms with Crippen molar-refractivity contribution < 1.29 is 13.6 Å². The predicted octanol–water partition coefficient (Wildman–Crippen LogP) is 2.65. The Morgan fingerprint density at radius 1 is 1.26 bits per heavy atom. The SMILES string of the molecule is CNc1cc(C(=O)Nc2cccc(F)c2F)ccn1. The molecule has 0 spiro atoms. The first-order valence-corrected chi connectivity index (χ1v) is 5.51. The van der Waals surface area contributed by atoms with Gasteiger partial charge in [0.25, 0.3) is 5.91 Å². The number of anilines is 2. The van der Waals surface area contributed by atoms with Gasteiger partial charge in [-0.3, -0.25) is 4.79 Å². The van der Waals surface area contributed by atoms with Crippen LogP contribution in [0.4, 0.5) is 20.3 Å². The maximum atomic E-state index is 13.4. The highest BCUT2D eigenvalue weighted by Gasteiger charge is 2.12. The third-order valence-electron chi connectivity index (χ3n) is 2.48. The van der Waals surface area contributed by atoms with Crippen LogP contribution in [0.2, 0.25) is 0 Å². The van der Waals surface area contributed by atoms with Gasteiger partial charge >= 0.3 is 0 Å². The number of carbonyl (C=O) groups is 1. The Bertz CT molecular complexity index is 617. The molecule has 19 heavy (non-hydrogen) atoms. The predicted molar refractivity (Wildman–Crippen MR) is 68.1 cm³/mol. The molecule has 6 heteroatoms. The number of hydrogen-bond acceptors (Lipinski definition) is 3. The lowest BCUT2D eigenvalue weighted by atomic mass is 10.2. The normalized spacial score (nSPS) is 10.1. The molecule has 0 aliphatic carbocycles. The standard InChI is InChI=1S/C13H11F2N3O/c1-16-11-7-8(5-6-17-11)13(19)18-10-4-2-3-9(14)12(10)15/h2-7H,1H3,(H,16,17)(H,18,19). The fraction of sp³-hybridized carbons (Fsp3) is 0.0769. The second-order valence-corrected chi connectivity index (χ2v) is 3.74. The molecule has 0 atom stereocenters. The molecule has 0 radical (unpaired) electrons. The second kappa shape index (κ2) is 5.43. The highest BCUT2D eigenvalue weighted by Crippen LogP contribution is 2.17. The van der Waals surface area contributed by atoms with E-state index in [1.165, 1.54) is 30.5 Å². The molecule has 0 saturated carbocycles. The Labute approximate surface area is 108 Å². The zero-order chi connectivity index (χ0) is 13.8. The zero-order valence-corrected chi connectivity index (χ0v) is 10.1. The fourth-order valence-electron chi connectivity index (χ4n) is 1.50. The van der Waals surface area contributed by atoms with Gasteiger partial charge in [-0.1, -0.05) is 6.07 Å². The van der Waals surface area contributed by atoms with Crippen molar-refractivity contribution in [1.82, 2.24) is 4.98 Å². The van der Waals surface area contributed by atoms with Crippen molar-refractivity contribution in [1.29, 1.82) is 0 Å². The molecule has 2 N–H and O–H groups in total. The molecule has 4 nitrogen and oxygen atoms in total. The molecule has 98 valence electrons. The molecular formula is C13H11F2N3O. The van der Waals surface area contributed by atoms with Crippen molar-refractivity contribution in [2.45, 2.75) is 0 Å². The average Bonchev–Trinajstić information content (AvgIpc) is 2.44. The van der Waals surface area contributed by atoms with Gasteiger partial charge in [-0.15, -0.1) is 0 Å². The number of halogens is 2. The lowest BCUT2D eigenvalue weighted by Crippen LogP contribution is -2.14. The van der Waals surface area contributed by atoms with E-state index in [2.05, 4.69) is 15.6 Å². The smallest absolute Gasteiger partial charge is 0.255 e. The second-order valence-electron chi connectivity index (χ2n) is 3.74. The molecule has 0 fully saturated rings. The highest BCUT2D eigenvalue weighted by molar-refractivity contribution is 6.04. The van der Waals surface area contributed by atoms with Crippen molar-refractivity contribution >= 4 is 17.4 Å². The van der Waals surface area contributed by atoms with Gasteiger partial charge in [-0.2, -0.15) is 0 Å². The van der Waals surface area contributed by atoms with Crippen LogP contribution in [0.25, 0.3) is 0 Å². The maximum Gasteiger partial charge on any atom is 0.255 e. The van der Waals surface area contributed by atoms with Crippen LogP contribution in [0.3, 0.4) is 0 Å². The minimum atomic E-state index is -1.08. The third kappa shape index (κ3) is 2.85. The minimum Gasteiger partial charge on any atom is -0.373 e. The molecule has 1 aromatic heterocycles. The number of carbonyl (C=O) groups excluding carboxylic acids is 1. The van der Waals surface area contributed by atoms with Crippen LogP contribution in [0.15, 0.2) is 36.5 Å². The number of benzene rings is 1. The summed E-state index contributed by atoms with van der Waals surface area (Å²) < 4.78 is 26.4. The average molecular weight is 263 g/mol. The Morgan fingerprint density at radius 3 is 2.79 bits per heavy atom. The van der Waals surface area contributed by atoms with Crippen LogP contribution < -0.4 is 10.6 Å². The van der Waals surface area contributed by atoms with Crippen LogP contribution in [-0.4, -0.2) is 17.9 Å². The van der Waals surface area contributed by atoms with Gasteiger partial charge in [0.15, 0.2) is 11.6 Å². The monoisotopic (exact) mass is 263 g/mol. The summed E-state index contributed by atoms with van der Waals surface area (Å²) in [6, 6.07) is 6.58. The van der Waals surface area contributed by atoms with Crippen molar-refractivity contribution in [2.75, 3.05) is 17.7 Å². The van der Waals surface area contributed by atoms with E-state index in [9.17, 15) is 13.6 Å². The number of nitrogens with one attached hydrogen (secondary N) is 2. The fourth-order valence-corrected chi connectivity index (χ4v) is 1.50. The molecule has 0 aliphatic heterocycles. The number of amides is 1. The van der Waals surface area contributed by atoms with E-state index in [-0.39, 0.29) is 5.69 Å². The van der Waals surface area contributed by atoms with Gasteiger partial charge < -0.3 is 10.6 Å². The topological polar surface area (TPSA) is 54.0 Å². The summed E-state index contributed by atoms with van der Waals surface area (Å²) in [5.74, 6) is -2.13. The lowest BCUT2D eigenvalue weighted by Gasteiger charge is -2.07.